The number of nitrogens with zero attached hydrogens (tertiary/aromatic N) is 2. The quantitative estimate of drug-likeness (QED) is 0.208. The van der Waals surface area contributed by atoms with E-state index in [9.17, 15) is 24.3 Å². The molecule has 0 bridgehead atoms. The Morgan fingerprint density at radius 1 is 1.09 bits per heavy atom. The van der Waals surface area contributed by atoms with Gasteiger partial charge >= 0.3 is 0 Å². The van der Waals surface area contributed by atoms with Crippen LogP contribution in [-0.2, 0) is 19.2 Å². The van der Waals surface area contributed by atoms with E-state index in [2.05, 4.69) is 26.3 Å². The molecule has 2 saturated heterocycles. The SMILES string of the molecule is Cc1ncsc1-c1ccc(C(C)NC(=O)[C@@H]2C[C@@H](O)CN2C(=O)C(NC(=O)CCCCCNC(=O)[C@H]2CCNC2)C(C)(C)C)cc1. The number of aliphatic hydroxyl groups excluding tert-OH is 1. The molecule has 0 saturated carbocycles. The van der Waals surface area contributed by atoms with Crippen LogP contribution in [-0.4, -0.2) is 83.0 Å². The third-order valence-corrected chi connectivity index (χ3v) is 9.85. The average molecular weight is 655 g/mol. The Labute approximate surface area is 276 Å². The van der Waals surface area contributed by atoms with Gasteiger partial charge in [0.1, 0.15) is 12.1 Å². The maximum atomic E-state index is 13.9. The summed E-state index contributed by atoms with van der Waals surface area (Å²) in [5.41, 5.74) is 4.16. The van der Waals surface area contributed by atoms with E-state index in [0.717, 1.165) is 54.0 Å². The Hall–Kier alpha value is -3.35. The van der Waals surface area contributed by atoms with Crippen molar-refractivity contribution in [1.82, 2.24) is 31.2 Å². The molecule has 2 aliphatic rings. The summed E-state index contributed by atoms with van der Waals surface area (Å²) in [5, 5.41) is 22.6. The molecule has 5 atom stereocenters. The van der Waals surface area contributed by atoms with Gasteiger partial charge in [0.2, 0.25) is 23.6 Å². The van der Waals surface area contributed by atoms with E-state index in [1.807, 2.05) is 64.4 Å². The summed E-state index contributed by atoms with van der Waals surface area (Å²) in [4.78, 5) is 59.3. The molecular weight excluding hydrogens is 604 g/mol. The molecule has 2 aliphatic heterocycles. The van der Waals surface area contributed by atoms with E-state index >= 15 is 0 Å². The lowest BCUT2D eigenvalue weighted by molar-refractivity contribution is -0.144. The maximum absolute atomic E-state index is 13.9. The molecule has 4 amide bonds. The monoisotopic (exact) mass is 654 g/mol. The Morgan fingerprint density at radius 3 is 2.46 bits per heavy atom. The fraction of sp³-hybridized carbons (Fsp3) is 0.618. The van der Waals surface area contributed by atoms with Crippen LogP contribution in [0.25, 0.3) is 10.4 Å². The number of amides is 4. The molecule has 11 nitrogen and oxygen atoms in total. The third kappa shape index (κ3) is 9.36. The second kappa shape index (κ2) is 16.0. The van der Waals surface area contributed by atoms with E-state index in [4.69, 9.17) is 0 Å². The van der Waals surface area contributed by atoms with Crippen LogP contribution in [0.3, 0.4) is 0 Å². The molecule has 4 rings (SSSR count). The molecule has 2 fully saturated rings. The zero-order valence-corrected chi connectivity index (χ0v) is 28.5. The summed E-state index contributed by atoms with van der Waals surface area (Å²) in [6, 6.07) is 5.95. The predicted octanol–water partition coefficient (Wildman–Crippen LogP) is 3.07. The van der Waals surface area contributed by atoms with Gasteiger partial charge in [0.15, 0.2) is 0 Å². The van der Waals surface area contributed by atoms with Crippen molar-refractivity contribution >= 4 is 35.0 Å². The number of aliphatic hydroxyl groups is 1. The van der Waals surface area contributed by atoms with E-state index in [1.165, 1.54) is 4.90 Å². The van der Waals surface area contributed by atoms with Crippen molar-refractivity contribution < 1.29 is 24.3 Å². The molecule has 252 valence electrons. The van der Waals surface area contributed by atoms with Crippen LogP contribution in [0.5, 0.6) is 0 Å². The number of rotatable bonds is 13. The first-order chi connectivity index (χ1) is 21.8. The topological polar surface area (TPSA) is 153 Å². The van der Waals surface area contributed by atoms with Crippen LogP contribution in [0.4, 0.5) is 0 Å². The minimum Gasteiger partial charge on any atom is -0.391 e. The number of thiazole rings is 1. The molecule has 3 heterocycles. The van der Waals surface area contributed by atoms with Gasteiger partial charge in [0, 0.05) is 32.5 Å². The van der Waals surface area contributed by atoms with E-state index in [1.54, 1.807) is 11.3 Å². The lowest BCUT2D eigenvalue weighted by Gasteiger charge is -2.35. The van der Waals surface area contributed by atoms with Gasteiger partial charge in [-0.2, -0.15) is 0 Å². The molecule has 1 aromatic carbocycles. The Morgan fingerprint density at radius 2 is 1.83 bits per heavy atom. The van der Waals surface area contributed by atoms with Crippen molar-refractivity contribution in [3.05, 3.63) is 41.0 Å². The molecule has 12 heteroatoms. The smallest absolute Gasteiger partial charge is 0.246 e. The fourth-order valence-electron chi connectivity index (χ4n) is 6.07. The Balaban J connectivity index is 1.29. The third-order valence-electron chi connectivity index (χ3n) is 8.87. The van der Waals surface area contributed by atoms with Gasteiger partial charge in [0.25, 0.3) is 0 Å². The maximum Gasteiger partial charge on any atom is 0.246 e. The fourth-order valence-corrected chi connectivity index (χ4v) is 6.88. The molecule has 5 N–H and O–H groups in total. The summed E-state index contributed by atoms with van der Waals surface area (Å²) in [5.74, 6) is -0.825. The molecule has 2 unspecified atom stereocenters. The number of β-amino-alcohol motifs (C(OH)–C–C–N with tert-alkyl or cyclic N) is 1. The lowest BCUT2D eigenvalue weighted by atomic mass is 9.85. The molecule has 0 spiro atoms. The highest BCUT2D eigenvalue weighted by Gasteiger charge is 2.44. The molecule has 2 aromatic rings. The van der Waals surface area contributed by atoms with Crippen LogP contribution in [0, 0.1) is 18.3 Å². The van der Waals surface area contributed by atoms with Crippen molar-refractivity contribution in [2.75, 3.05) is 26.2 Å². The summed E-state index contributed by atoms with van der Waals surface area (Å²) >= 11 is 1.58. The number of benzene rings is 1. The first kappa shape index (κ1) is 35.5. The highest BCUT2D eigenvalue weighted by atomic mass is 32.1. The Kier molecular flexibility index (Phi) is 12.3. The largest absolute Gasteiger partial charge is 0.391 e. The number of unbranched alkanes of at least 4 members (excludes halogenated alkanes) is 2. The number of likely N-dealkylation sites (tertiary alicyclic amines) is 1. The second-order valence-electron chi connectivity index (χ2n) is 13.7. The molecular formula is C34H50N6O5S. The van der Waals surface area contributed by atoms with Crippen molar-refractivity contribution in [3.63, 3.8) is 0 Å². The zero-order valence-electron chi connectivity index (χ0n) is 27.7. The van der Waals surface area contributed by atoms with Crippen molar-refractivity contribution in [2.24, 2.45) is 11.3 Å². The van der Waals surface area contributed by atoms with Crippen LogP contribution in [0.15, 0.2) is 29.8 Å². The first-order valence-electron chi connectivity index (χ1n) is 16.4. The minimum absolute atomic E-state index is 0.0271. The highest BCUT2D eigenvalue weighted by molar-refractivity contribution is 7.13. The predicted molar refractivity (Wildman–Crippen MR) is 179 cm³/mol. The average Bonchev–Trinajstić information content (AvgIpc) is 3.78. The Bertz CT molecular complexity index is 1350. The summed E-state index contributed by atoms with van der Waals surface area (Å²) in [6.07, 6.45) is 2.60. The van der Waals surface area contributed by atoms with Crippen molar-refractivity contribution in [3.8, 4) is 10.4 Å². The summed E-state index contributed by atoms with van der Waals surface area (Å²) in [6.45, 7) is 11.7. The second-order valence-corrected chi connectivity index (χ2v) is 14.5. The summed E-state index contributed by atoms with van der Waals surface area (Å²) < 4.78 is 0. The highest BCUT2D eigenvalue weighted by Crippen LogP contribution is 2.29. The van der Waals surface area contributed by atoms with Gasteiger partial charge in [-0.05, 0) is 56.2 Å². The minimum atomic E-state index is -0.861. The standard InChI is InChI=1S/C34H50N6O5S/c1-21(23-10-12-24(13-11-23)29-22(2)37-20-46-29)38-32(44)27-17-26(41)19-40(27)33(45)30(34(3,4)5)39-28(42)9-7-6-8-15-36-31(43)25-14-16-35-18-25/h10-13,20-21,25-27,30,35,41H,6-9,14-19H2,1-5H3,(H,36,43)(H,38,44)(H,39,42)/t21?,25-,26+,27-,30?/m0/s1. The number of hydrogen-bond donors (Lipinski definition) is 5. The van der Waals surface area contributed by atoms with Gasteiger partial charge in [-0.25, -0.2) is 4.98 Å². The van der Waals surface area contributed by atoms with Gasteiger partial charge < -0.3 is 31.3 Å². The number of nitrogens with one attached hydrogen (secondary N) is 4. The van der Waals surface area contributed by atoms with Crippen LogP contribution >= 0.6 is 11.3 Å². The molecule has 0 aliphatic carbocycles. The van der Waals surface area contributed by atoms with Crippen LogP contribution in [0.1, 0.15) is 83.5 Å². The van der Waals surface area contributed by atoms with E-state index < -0.39 is 23.6 Å². The van der Waals surface area contributed by atoms with Crippen LogP contribution in [0.2, 0.25) is 0 Å². The van der Waals surface area contributed by atoms with Crippen molar-refractivity contribution in [1.29, 1.82) is 0 Å². The number of carbonyl (C=O) groups is 4. The normalized spacial score (nSPS) is 21.1. The van der Waals surface area contributed by atoms with Gasteiger partial charge in [-0.1, -0.05) is 51.5 Å². The first-order valence-corrected chi connectivity index (χ1v) is 17.3. The number of hydrogen-bond acceptors (Lipinski definition) is 8. The van der Waals surface area contributed by atoms with Gasteiger partial charge in [-0.3, -0.25) is 19.2 Å². The lowest BCUT2D eigenvalue weighted by Crippen LogP contribution is -2.57. The number of aryl methyl sites for hydroxylation is 1. The molecule has 0 radical (unpaired) electrons. The van der Waals surface area contributed by atoms with Gasteiger partial charge in [0.05, 0.1) is 34.1 Å². The number of aromatic nitrogens is 1. The number of carbonyl (C=O) groups excluding carboxylic acids is 4. The molecule has 46 heavy (non-hydrogen) atoms. The van der Waals surface area contributed by atoms with E-state index in [-0.39, 0.29) is 55.0 Å². The van der Waals surface area contributed by atoms with Crippen LogP contribution < -0.4 is 21.3 Å². The van der Waals surface area contributed by atoms with E-state index in [0.29, 0.717) is 13.0 Å². The van der Waals surface area contributed by atoms with Gasteiger partial charge in [-0.15, -0.1) is 11.3 Å². The molecule has 1 aromatic heterocycles. The summed E-state index contributed by atoms with van der Waals surface area (Å²) in [7, 11) is 0. The zero-order chi connectivity index (χ0) is 33.4. The van der Waals surface area contributed by atoms with Crippen molar-refractivity contribution in [2.45, 2.75) is 97.4 Å².